The minimum atomic E-state index is -0.734. The van der Waals surface area contributed by atoms with Crippen molar-refractivity contribution in [2.24, 2.45) is 0 Å². The van der Waals surface area contributed by atoms with Crippen LogP contribution in [0.2, 0.25) is 0 Å². The Morgan fingerprint density at radius 1 is 1.08 bits per heavy atom. The molecule has 3 rings (SSSR count). The monoisotopic (exact) mass is 343 g/mol. The first-order valence-electron chi connectivity index (χ1n) is 8.04. The Balaban J connectivity index is 1.64. The van der Waals surface area contributed by atoms with Gasteiger partial charge < -0.3 is 4.90 Å². The van der Waals surface area contributed by atoms with Crippen molar-refractivity contribution in [3.63, 3.8) is 0 Å². The molecule has 130 valence electrons. The highest BCUT2D eigenvalue weighted by molar-refractivity contribution is 5.95. The van der Waals surface area contributed by atoms with E-state index in [9.17, 15) is 19.3 Å². The van der Waals surface area contributed by atoms with Gasteiger partial charge in [0.15, 0.2) is 0 Å². The molecule has 0 bridgehead atoms. The van der Waals surface area contributed by atoms with E-state index in [1.807, 2.05) is 18.2 Å². The first kappa shape index (κ1) is 17.0. The highest BCUT2D eigenvalue weighted by Gasteiger charge is 2.25. The maximum Gasteiger partial charge on any atom is 0.270 e. The Hall–Kier alpha value is -2.80. The fourth-order valence-corrected chi connectivity index (χ4v) is 2.91. The number of halogens is 1. The quantitative estimate of drug-likeness (QED) is 0.632. The molecule has 2 aromatic carbocycles. The average Bonchev–Trinajstić information content (AvgIpc) is 2.63. The minimum Gasteiger partial charge on any atom is -0.336 e. The van der Waals surface area contributed by atoms with Crippen LogP contribution in [0, 0.1) is 15.9 Å². The summed E-state index contributed by atoms with van der Waals surface area (Å²) in [5.74, 6) is -1.23. The number of nitro groups is 1. The van der Waals surface area contributed by atoms with E-state index in [0.29, 0.717) is 26.2 Å². The van der Waals surface area contributed by atoms with Crippen LogP contribution in [0.4, 0.5) is 10.1 Å². The summed E-state index contributed by atoms with van der Waals surface area (Å²) < 4.78 is 13.9. The van der Waals surface area contributed by atoms with Gasteiger partial charge in [0.1, 0.15) is 5.82 Å². The molecule has 0 aromatic heterocycles. The molecule has 7 heteroatoms. The van der Waals surface area contributed by atoms with Gasteiger partial charge >= 0.3 is 0 Å². The molecule has 6 nitrogen and oxygen atoms in total. The number of piperazine rings is 1. The van der Waals surface area contributed by atoms with E-state index in [1.165, 1.54) is 5.56 Å². The van der Waals surface area contributed by atoms with Crippen LogP contribution in [0.25, 0.3) is 0 Å². The van der Waals surface area contributed by atoms with Crippen LogP contribution in [-0.2, 0) is 6.54 Å². The highest BCUT2D eigenvalue weighted by atomic mass is 19.1. The summed E-state index contributed by atoms with van der Waals surface area (Å²) in [7, 11) is 0. The third-order valence-electron chi connectivity index (χ3n) is 4.30. The fourth-order valence-electron chi connectivity index (χ4n) is 2.91. The standard InChI is InChI=1S/C18H18FN3O3/c19-17-7-6-15(22(24)25)12-16(17)18(23)21-10-8-20(9-11-21)13-14-4-2-1-3-5-14/h1-7,12H,8-11,13H2. The number of nitro benzene ring substituents is 1. The third kappa shape index (κ3) is 4.00. The molecule has 0 saturated carbocycles. The zero-order valence-corrected chi connectivity index (χ0v) is 13.6. The highest BCUT2D eigenvalue weighted by Crippen LogP contribution is 2.19. The summed E-state index contributed by atoms with van der Waals surface area (Å²) in [6.45, 7) is 3.09. The van der Waals surface area contributed by atoms with Gasteiger partial charge in [-0.3, -0.25) is 19.8 Å². The van der Waals surface area contributed by atoms with Gasteiger partial charge in [-0.05, 0) is 11.6 Å². The van der Waals surface area contributed by atoms with Gasteiger partial charge in [0.2, 0.25) is 0 Å². The molecule has 2 aromatic rings. The molecule has 0 spiro atoms. The van der Waals surface area contributed by atoms with Crippen molar-refractivity contribution in [1.82, 2.24) is 9.80 Å². The number of benzene rings is 2. The molecule has 1 amide bonds. The second kappa shape index (κ2) is 7.40. The van der Waals surface area contributed by atoms with Crippen molar-refractivity contribution in [3.8, 4) is 0 Å². The van der Waals surface area contributed by atoms with Crippen LogP contribution in [0.1, 0.15) is 15.9 Å². The van der Waals surface area contributed by atoms with Gasteiger partial charge in [0.05, 0.1) is 10.5 Å². The zero-order chi connectivity index (χ0) is 17.8. The van der Waals surface area contributed by atoms with Crippen molar-refractivity contribution in [2.45, 2.75) is 6.54 Å². The second-order valence-electron chi connectivity index (χ2n) is 5.98. The molecule has 1 aliphatic heterocycles. The van der Waals surface area contributed by atoms with Crippen LogP contribution in [0.15, 0.2) is 48.5 Å². The number of carbonyl (C=O) groups excluding carboxylic acids is 1. The van der Waals surface area contributed by atoms with Crippen molar-refractivity contribution in [1.29, 1.82) is 0 Å². The molecule has 0 unspecified atom stereocenters. The first-order valence-corrected chi connectivity index (χ1v) is 8.04. The molecule has 1 saturated heterocycles. The Morgan fingerprint density at radius 2 is 1.76 bits per heavy atom. The molecule has 0 atom stereocenters. The number of hydrogen-bond acceptors (Lipinski definition) is 4. The number of carbonyl (C=O) groups is 1. The van der Waals surface area contributed by atoms with Crippen LogP contribution in [0.3, 0.4) is 0 Å². The minimum absolute atomic E-state index is 0.245. The Kier molecular flexibility index (Phi) is 5.04. The summed E-state index contributed by atoms with van der Waals surface area (Å²) in [6, 6.07) is 13.1. The Bertz CT molecular complexity index is 774. The number of amides is 1. The molecular formula is C18H18FN3O3. The molecular weight excluding hydrogens is 325 g/mol. The largest absolute Gasteiger partial charge is 0.336 e. The number of non-ortho nitro benzene ring substituents is 1. The molecule has 25 heavy (non-hydrogen) atoms. The fraction of sp³-hybridized carbons (Fsp3) is 0.278. The van der Waals surface area contributed by atoms with Gasteiger partial charge in [-0.1, -0.05) is 30.3 Å². The molecule has 1 fully saturated rings. The number of rotatable bonds is 4. The summed E-state index contributed by atoms with van der Waals surface area (Å²) in [6.07, 6.45) is 0. The maximum absolute atomic E-state index is 13.9. The normalized spacial score (nSPS) is 15.2. The van der Waals surface area contributed by atoms with Crippen molar-refractivity contribution in [3.05, 3.63) is 75.6 Å². The molecule has 0 radical (unpaired) electrons. The van der Waals surface area contributed by atoms with Crippen molar-refractivity contribution >= 4 is 11.6 Å². The predicted molar refractivity (Wildman–Crippen MR) is 90.7 cm³/mol. The van der Waals surface area contributed by atoms with Gasteiger partial charge in [-0.2, -0.15) is 0 Å². The third-order valence-corrected chi connectivity index (χ3v) is 4.30. The van der Waals surface area contributed by atoms with Crippen LogP contribution >= 0.6 is 0 Å². The molecule has 1 aliphatic rings. The lowest BCUT2D eigenvalue weighted by molar-refractivity contribution is -0.384. The van der Waals surface area contributed by atoms with E-state index in [1.54, 1.807) is 4.90 Å². The lowest BCUT2D eigenvalue weighted by Crippen LogP contribution is -2.48. The van der Waals surface area contributed by atoms with Gasteiger partial charge in [-0.15, -0.1) is 0 Å². The second-order valence-corrected chi connectivity index (χ2v) is 5.98. The van der Waals surface area contributed by atoms with Gasteiger partial charge in [0, 0.05) is 44.9 Å². The lowest BCUT2D eigenvalue weighted by atomic mass is 10.1. The van der Waals surface area contributed by atoms with E-state index in [-0.39, 0.29) is 11.3 Å². The molecule has 0 N–H and O–H groups in total. The number of hydrogen-bond donors (Lipinski definition) is 0. The van der Waals surface area contributed by atoms with Crippen molar-refractivity contribution < 1.29 is 14.1 Å². The zero-order valence-electron chi connectivity index (χ0n) is 13.6. The smallest absolute Gasteiger partial charge is 0.270 e. The van der Waals surface area contributed by atoms with Crippen molar-refractivity contribution in [2.75, 3.05) is 26.2 Å². The first-order chi connectivity index (χ1) is 12.0. The van der Waals surface area contributed by atoms with Gasteiger partial charge in [0.25, 0.3) is 11.6 Å². The Morgan fingerprint density at radius 3 is 2.40 bits per heavy atom. The Labute approximate surface area is 144 Å². The van der Waals surface area contributed by atoms with Gasteiger partial charge in [-0.25, -0.2) is 4.39 Å². The SMILES string of the molecule is O=C(c1cc([N+](=O)[O-])ccc1F)N1CCN(Cc2ccccc2)CC1. The average molecular weight is 343 g/mol. The summed E-state index contributed by atoms with van der Waals surface area (Å²) in [4.78, 5) is 26.5. The van der Waals surface area contributed by atoms with E-state index < -0.39 is 16.6 Å². The van der Waals surface area contributed by atoms with E-state index in [0.717, 1.165) is 24.7 Å². The van der Waals surface area contributed by atoms with E-state index in [4.69, 9.17) is 0 Å². The van der Waals surface area contributed by atoms with Crippen LogP contribution in [-0.4, -0.2) is 46.8 Å². The van der Waals surface area contributed by atoms with E-state index >= 15 is 0 Å². The lowest BCUT2D eigenvalue weighted by Gasteiger charge is -2.34. The predicted octanol–water partition coefficient (Wildman–Crippen LogP) is 2.69. The molecule has 1 heterocycles. The maximum atomic E-state index is 13.9. The topological polar surface area (TPSA) is 66.7 Å². The van der Waals surface area contributed by atoms with Crippen LogP contribution < -0.4 is 0 Å². The molecule has 0 aliphatic carbocycles. The summed E-state index contributed by atoms with van der Waals surface area (Å²) in [5, 5.41) is 10.8. The summed E-state index contributed by atoms with van der Waals surface area (Å²) in [5.41, 5.74) is 0.671. The summed E-state index contributed by atoms with van der Waals surface area (Å²) >= 11 is 0. The number of nitrogens with zero attached hydrogens (tertiary/aromatic N) is 3. The van der Waals surface area contributed by atoms with Crippen LogP contribution in [0.5, 0.6) is 0 Å². The van der Waals surface area contributed by atoms with E-state index in [2.05, 4.69) is 17.0 Å².